The predicted molar refractivity (Wildman–Crippen MR) is 85.8 cm³/mol. The lowest BCUT2D eigenvalue weighted by atomic mass is 9.70. The summed E-state index contributed by atoms with van der Waals surface area (Å²) >= 11 is 0. The average Bonchev–Trinajstić information content (AvgIpc) is 2.64. The Morgan fingerprint density at radius 3 is 2.00 bits per heavy atom. The number of allylic oxidation sites excluding steroid dienone is 2. The van der Waals surface area contributed by atoms with Crippen LogP contribution < -0.4 is 0 Å². The van der Waals surface area contributed by atoms with E-state index in [2.05, 4.69) is 47.6 Å². The smallest absolute Gasteiger partial charge is 0.124 e. The van der Waals surface area contributed by atoms with Gasteiger partial charge in [0.25, 0.3) is 0 Å². The van der Waals surface area contributed by atoms with Crippen LogP contribution in [-0.2, 0) is 14.4 Å². The van der Waals surface area contributed by atoms with E-state index in [0.29, 0.717) is 5.41 Å². The Morgan fingerprint density at radius 1 is 0.909 bits per heavy atom. The monoisotopic (exact) mass is 309 g/mol. The van der Waals surface area contributed by atoms with E-state index < -0.39 is 0 Å². The van der Waals surface area contributed by atoms with Gasteiger partial charge in [-0.25, -0.2) is 9.68 Å². The summed E-state index contributed by atoms with van der Waals surface area (Å²) in [4.78, 5) is 12.0. The van der Waals surface area contributed by atoms with E-state index in [1.54, 1.807) is 5.23 Å². The molecule has 0 aromatic rings. The van der Waals surface area contributed by atoms with Crippen LogP contribution >= 0.6 is 0 Å². The fourth-order valence-corrected chi connectivity index (χ4v) is 3.28. The minimum atomic E-state index is -0.319. The fourth-order valence-electron chi connectivity index (χ4n) is 3.28. The molecule has 2 fully saturated rings. The number of hydrogen-bond donors (Lipinski definition) is 0. The summed E-state index contributed by atoms with van der Waals surface area (Å²) in [5.74, 6) is 0. The summed E-state index contributed by atoms with van der Waals surface area (Å²) < 4.78 is 6.08. The molecular weight excluding hydrogens is 278 g/mol. The van der Waals surface area contributed by atoms with E-state index in [0.717, 1.165) is 38.0 Å². The molecule has 1 atom stereocenters. The first-order valence-corrected chi connectivity index (χ1v) is 8.56. The second-order valence-electron chi connectivity index (χ2n) is 8.91. The van der Waals surface area contributed by atoms with Crippen molar-refractivity contribution in [2.24, 2.45) is 5.41 Å². The number of hydrogen-bond acceptors (Lipinski definition) is 4. The molecule has 0 radical (unpaired) electrons. The van der Waals surface area contributed by atoms with Gasteiger partial charge in [-0.2, -0.15) is 0 Å². The van der Waals surface area contributed by atoms with Crippen molar-refractivity contribution in [3.05, 3.63) is 11.8 Å². The Kier molecular flexibility index (Phi) is 3.67. The maximum absolute atomic E-state index is 6.08. The molecule has 1 aliphatic carbocycles. The van der Waals surface area contributed by atoms with Crippen LogP contribution in [0.25, 0.3) is 0 Å². The second-order valence-corrected chi connectivity index (χ2v) is 8.91. The first-order chi connectivity index (χ1) is 10.0. The van der Waals surface area contributed by atoms with E-state index in [1.165, 1.54) is 6.42 Å². The van der Waals surface area contributed by atoms with Crippen LogP contribution in [0.2, 0.25) is 0 Å². The lowest BCUT2D eigenvalue weighted by Gasteiger charge is -2.45. The molecule has 2 aliphatic heterocycles. The molecule has 0 amide bonds. The van der Waals surface area contributed by atoms with Gasteiger partial charge in [-0.15, -0.1) is 5.23 Å². The molecule has 3 rings (SSSR count). The number of ether oxygens (including phenoxy) is 1. The van der Waals surface area contributed by atoms with Crippen LogP contribution in [0, 0.1) is 5.41 Å². The molecule has 4 heteroatoms. The normalized spacial score (nSPS) is 36.5. The van der Waals surface area contributed by atoms with Gasteiger partial charge in [-0.3, -0.25) is 0 Å². The highest BCUT2D eigenvalue weighted by Crippen LogP contribution is 2.48. The van der Waals surface area contributed by atoms with E-state index >= 15 is 0 Å². The molecular formula is C18H31NO3. The molecule has 3 aliphatic rings. The highest BCUT2D eigenvalue weighted by molar-refractivity contribution is 5.09. The minimum absolute atomic E-state index is 0.0461. The third kappa shape index (κ3) is 2.81. The molecule has 0 aromatic heterocycles. The summed E-state index contributed by atoms with van der Waals surface area (Å²) in [6.07, 6.45) is 7.90. The van der Waals surface area contributed by atoms with Crippen molar-refractivity contribution in [2.45, 2.75) is 90.4 Å². The van der Waals surface area contributed by atoms with Crippen molar-refractivity contribution in [3.63, 3.8) is 0 Å². The van der Waals surface area contributed by atoms with Gasteiger partial charge in [-0.05, 0) is 79.1 Å². The molecule has 22 heavy (non-hydrogen) atoms. The summed E-state index contributed by atoms with van der Waals surface area (Å²) in [5, 5.41) is 1.67. The summed E-state index contributed by atoms with van der Waals surface area (Å²) in [6.45, 7) is 13.6. The van der Waals surface area contributed by atoms with Crippen LogP contribution in [-0.4, -0.2) is 28.6 Å². The first-order valence-electron chi connectivity index (χ1n) is 8.56. The largest absolute Gasteiger partial charge is 0.375 e. The van der Waals surface area contributed by atoms with Crippen molar-refractivity contribution < 1.29 is 14.4 Å². The molecule has 0 bridgehead atoms. The van der Waals surface area contributed by atoms with Gasteiger partial charge < -0.3 is 4.74 Å². The van der Waals surface area contributed by atoms with Gasteiger partial charge in [-0.1, -0.05) is 6.08 Å². The summed E-state index contributed by atoms with van der Waals surface area (Å²) in [7, 11) is 0. The maximum atomic E-state index is 6.08. The van der Waals surface area contributed by atoms with E-state index in [1.807, 2.05) is 0 Å². The Bertz CT molecular complexity index is 453. The zero-order chi connectivity index (χ0) is 16.2. The van der Waals surface area contributed by atoms with Crippen LogP contribution in [0.3, 0.4) is 0 Å². The summed E-state index contributed by atoms with van der Waals surface area (Å²) in [5.41, 5.74) is 0.893. The Hall–Kier alpha value is -0.580. The zero-order valence-electron chi connectivity index (χ0n) is 15.0. The third-order valence-electron chi connectivity index (χ3n) is 6.02. The summed E-state index contributed by atoms with van der Waals surface area (Å²) in [6, 6.07) is 0. The predicted octanol–water partition coefficient (Wildman–Crippen LogP) is 4.37. The zero-order valence-corrected chi connectivity index (χ0v) is 15.0. The molecule has 2 heterocycles. The molecule has 0 N–H and O–H groups in total. The first kappa shape index (κ1) is 16.3. The van der Waals surface area contributed by atoms with Gasteiger partial charge in [0.1, 0.15) is 11.2 Å². The van der Waals surface area contributed by atoms with Crippen LogP contribution in [0.15, 0.2) is 11.8 Å². The van der Waals surface area contributed by atoms with Crippen LogP contribution in [0.4, 0.5) is 0 Å². The quantitative estimate of drug-likeness (QED) is 0.720. The van der Waals surface area contributed by atoms with Crippen molar-refractivity contribution in [1.82, 2.24) is 5.23 Å². The van der Waals surface area contributed by atoms with Gasteiger partial charge in [0, 0.05) is 0 Å². The van der Waals surface area contributed by atoms with Gasteiger partial charge >= 0.3 is 0 Å². The van der Waals surface area contributed by atoms with Crippen LogP contribution in [0.1, 0.15) is 73.6 Å². The lowest BCUT2D eigenvalue weighted by Crippen LogP contribution is -2.42. The Labute approximate surface area is 134 Å². The number of nitrogens with zero attached hydrogens (tertiary/aromatic N) is 1. The Balaban J connectivity index is 1.66. The lowest BCUT2D eigenvalue weighted by molar-refractivity contribution is -0.305. The standard InChI is InChI=1S/C18H31NO3/c1-15(2)11-12-18(13-20-15)9-7-14(8-10-18)19-21-16(3,4)17(5,6)22-19/h7H,8-13H2,1-6H3. The highest BCUT2D eigenvalue weighted by atomic mass is 17.0. The molecule has 126 valence electrons. The van der Waals surface area contributed by atoms with Gasteiger partial charge in [0.15, 0.2) is 0 Å². The SMILES string of the molecule is CC1(C)CCC2(CC=C(N3OC(C)(C)C(C)(C)O3)CC2)CO1. The van der Waals surface area contributed by atoms with E-state index in [9.17, 15) is 0 Å². The van der Waals surface area contributed by atoms with Crippen molar-refractivity contribution in [3.8, 4) is 0 Å². The third-order valence-corrected chi connectivity index (χ3v) is 6.02. The number of hydroxylamine groups is 2. The molecule has 1 unspecified atom stereocenters. The molecule has 2 saturated heterocycles. The molecule has 0 aromatic carbocycles. The molecule has 1 spiro atoms. The topological polar surface area (TPSA) is 30.9 Å². The number of rotatable bonds is 1. The van der Waals surface area contributed by atoms with Crippen molar-refractivity contribution in [1.29, 1.82) is 0 Å². The maximum Gasteiger partial charge on any atom is 0.124 e. The van der Waals surface area contributed by atoms with Crippen molar-refractivity contribution >= 4 is 0 Å². The Morgan fingerprint density at radius 2 is 1.55 bits per heavy atom. The average molecular weight is 309 g/mol. The highest BCUT2D eigenvalue weighted by Gasteiger charge is 2.51. The van der Waals surface area contributed by atoms with E-state index in [-0.39, 0.29) is 16.8 Å². The second kappa shape index (κ2) is 4.96. The van der Waals surface area contributed by atoms with Crippen LogP contribution in [0.5, 0.6) is 0 Å². The molecule has 4 nitrogen and oxygen atoms in total. The minimum Gasteiger partial charge on any atom is -0.375 e. The molecule has 0 saturated carbocycles. The van der Waals surface area contributed by atoms with Gasteiger partial charge in [0.2, 0.25) is 0 Å². The van der Waals surface area contributed by atoms with Gasteiger partial charge in [0.05, 0.1) is 17.9 Å². The fraction of sp³-hybridized carbons (Fsp3) is 0.889. The van der Waals surface area contributed by atoms with Crippen molar-refractivity contribution in [2.75, 3.05) is 6.61 Å². The van der Waals surface area contributed by atoms with E-state index in [4.69, 9.17) is 14.4 Å².